The Morgan fingerprint density at radius 1 is 1.40 bits per heavy atom. The molecule has 0 aromatic heterocycles. The first-order valence-electron chi connectivity index (χ1n) is 6.33. The molecule has 20 heavy (non-hydrogen) atoms. The molecule has 0 heterocycles. The van der Waals surface area contributed by atoms with Crippen molar-refractivity contribution in [3.63, 3.8) is 0 Å². The van der Waals surface area contributed by atoms with Crippen molar-refractivity contribution >= 4 is 23.6 Å². The van der Waals surface area contributed by atoms with Crippen LogP contribution in [-0.2, 0) is 9.59 Å². The fraction of sp³-hybridized carbons (Fsp3) is 0.429. The van der Waals surface area contributed by atoms with E-state index in [0.717, 1.165) is 11.8 Å². The Hall–Kier alpha value is -1.56. The van der Waals surface area contributed by atoms with E-state index in [4.69, 9.17) is 5.11 Å². The lowest BCUT2D eigenvalue weighted by Crippen LogP contribution is -2.37. The molecule has 1 unspecified atom stereocenters. The lowest BCUT2D eigenvalue weighted by molar-refractivity contribution is -0.142. The van der Waals surface area contributed by atoms with Crippen molar-refractivity contribution < 1.29 is 19.1 Å². The number of amides is 1. The van der Waals surface area contributed by atoms with Gasteiger partial charge in [0.2, 0.25) is 5.91 Å². The number of carbonyl (C=O) groups excluding carboxylic acids is 1. The summed E-state index contributed by atoms with van der Waals surface area (Å²) in [5.74, 6) is -1.99. The third-order valence-corrected chi connectivity index (χ3v) is 3.87. The van der Waals surface area contributed by atoms with E-state index in [1.54, 1.807) is 32.0 Å². The summed E-state index contributed by atoms with van der Waals surface area (Å²) in [4.78, 5) is 24.7. The van der Waals surface area contributed by atoms with Crippen LogP contribution in [0.1, 0.15) is 13.8 Å². The number of rotatable bonds is 7. The summed E-state index contributed by atoms with van der Waals surface area (Å²) in [6.07, 6.45) is 0. The molecule has 0 saturated heterocycles. The van der Waals surface area contributed by atoms with E-state index in [2.05, 4.69) is 0 Å². The van der Waals surface area contributed by atoms with E-state index in [0.29, 0.717) is 11.4 Å². The number of carboxylic acids is 1. The van der Waals surface area contributed by atoms with Gasteiger partial charge in [0, 0.05) is 18.0 Å². The van der Waals surface area contributed by atoms with Crippen LogP contribution in [0.15, 0.2) is 29.2 Å². The van der Waals surface area contributed by atoms with E-state index >= 15 is 0 Å². The summed E-state index contributed by atoms with van der Waals surface area (Å²) >= 11 is 1.12. The van der Waals surface area contributed by atoms with Crippen molar-refractivity contribution in [1.82, 2.24) is 4.90 Å². The minimum Gasteiger partial charge on any atom is -0.481 e. The molecule has 0 aliphatic carbocycles. The zero-order valence-corrected chi connectivity index (χ0v) is 12.3. The quantitative estimate of drug-likeness (QED) is 0.786. The van der Waals surface area contributed by atoms with Gasteiger partial charge in [-0.1, -0.05) is 19.1 Å². The number of aliphatic carboxylic acids is 1. The molecule has 1 atom stereocenters. The van der Waals surface area contributed by atoms with E-state index in [1.165, 1.54) is 11.0 Å². The maximum Gasteiger partial charge on any atom is 0.308 e. The second kappa shape index (κ2) is 7.89. The highest BCUT2D eigenvalue weighted by Crippen LogP contribution is 2.21. The summed E-state index contributed by atoms with van der Waals surface area (Å²) in [7, 11) is 0. The lowest BCUT2D eigenvalue weighted by atomic mass is 10.2. The van der Waals surface area contributed by atoms with Crippen molar-refractivity contribution in [3.8, 4) is 0 Å². The molecule has 0 radical (unpaired) electrons. The van der Waals surface area contributed by atoms with E-state index in [-0.39, 0.29) is 24.0 Å². The van der Waals surface area contributed by atoms with Crippen LogP contribution in [0.4, 0.5) is 4.39 Å². The average molecular weight is 299 g/mol. The molecule has 0 aliphatic heterocycles. The van der Waals surface area contributed by atoms with Crippen LogP contribution in [0.5, 0.6) is 0 Å². The number of carbonyl (C=O) groups is 2. The molecule has 6 heteroatoms. The van der Waals surface area contributed by atoms with Gasteiger partial charge in [-0.25, -0.2) is 4.39 Å². The van der Waals surface area contributed by atoms with E-state index in [1.807, 2.05) is 0 Å². The third kappa shape index (κ3) is 4.85. The number of benzene rings is 1. The van der Waals surface area contributed by atoms with Crippen LogP contribution in [-0.4, -0.2) is 40.7 Å². The first-order valence-corrected chi connectivity index (χ1v) is 7.32. The van der Waals surface area contributed by atoms with Gasteiger partial charge in [-0.3, -0.25) is 9.59 Å². The normalized spacial score (nSPS) is 11.9. The van der Waals surface area contributed by atoms with Gasteiger partial charge in [-0.2, -0.15) is 0 Å². The van der Waals surface area contributed by atoms with Gasteiger partial charge in [-0.15, -0.1) is 11.8 Å². The van der Waals surface area contributed by atoms with Crippen molar-refractivity contribution in [2.75, 3.05) is 18.8 Å². The second-order valence-corrected chi connectivity index (χ2v) is 5.41. The molecule has 1 N–H and O–H groups in total. The molecule has 1 aromatic rings. The summed E-state index contributed by atoms with van der Waals surface area (Å²) in [5, 5.41) is 8.86. The molecule has 0 spiro atoms. The maximum absolute atomic E-state index is 13.4. The molecule has 1 aromatic carbocycles. The number of hydrogen-bond donors (Lipinski definition) is 1. The number of thioether (sulfide) groups is 1. The first-order chi connectivity index (χ1) is 9.45. The van der Waals surface area contributed by atoms with Crippen LogP contribution in [0.25, 0.3) is 0 Å². The zero-order valence-electron chi connectivity index (χ0n) is 11.5. The Morgan fingerprint density at radius 3 is 2.60 bits per heavy atom. The summed E-state index contributed by atoms with van der Waals surface area (Å²) in [6.45, 7) is 3.96. The highest BCUT2D eigenvalue weighted by Gasteiger charge is 2.19. The zero-order chi connectivity index (χ0) is 15.1. The summed E-state index contributed by atoms with van der Waals surface area (Å²) < 4.78 is 13.4. The van der Waals surface area contributed by atoms with Crippen molar-refractivity contribution in [1.29, 1.82) is 0 Å². The average Bonchev–Trinajstić information content (AvgIpc) is 2.43. The Labute approximate surface area is 122 Å². The number of halogens is 1. The smallest absolute Gasteiger partial charge is 0.308 e. The number of hydrogen-bond acceptors (Lipinski definition) is 3. The second-order valence-electron chi connectivity index (χ2n) is 4.39. The maximum atomic E-state index is 13.4. The fourth-order valence-electron chi connectivity index (χ4n) is 1.61. The molecule has 0 fully saturated rings. The predicted octanol–water partition coefficient (Wildman–Crippen LogP) is 2.49. The highest BCUT2D eigenvalue weighted by molar-refractivity contribution is 8.00. The molecular weight excluding hydrogens is 281 g/mol. The first kappa shape index (κ1) is 16.5. The number of nitrogens with zero attached hydrogens (tertiary/aromatic N) is 1. The molecule has 1 amide bonds. The third-order valence-electron chi connectivity index (χ3n) is 2.84. The van der Waals surface area contributed by atoms with Gasteiger partial charge in [0.1, 0.15) is 5.82 Å². The molecule has 0 aliphatic rings. The number of carboxylic acid groups (broad SMARTS) is 1. The van der Waals surface area contributed by atoms with Crippen LogP contribution in [0.3, 0.4) is 0 Å². The Balaban J connectivity index is 2.56. The SMILES string of the molecule is CCN(CC(C)C(=O)O)C(=O)CSc1ccccc1F. The van der Waals surface area contributed by atoms with Gasteiger partial charge >= 0.3 is 5.97 Å². The molecule has 0 saturated carbocycles. The van der Waals surface area contributed by atoms with Crippen LogP contribution in [0.2, 0.25) is 0 Å². The van der Waals surface area contributed by atoms with Crippen LogP contribution < -0.4 is 0 Å². The van der Waals surface area contributed by atoms with Crippen LogP contribution in [0, 0.1) is 11.7 Å². The minimum atomic E-state index is -0.932. The Morgan fingerprint density at radius 2 is 2.05 bits per heavy atom. The van der Waals surface area contributed by atoms with Gasteiger partial charge in [-0.05, 0) is 19.1 Å². The monoisotopic (exact) mass is 299 g/mol. The summed E-state index contributed by atoms with van der Waals surface area (Å²) in [5.41, 5.74) is 0. The highest BCUT2D eigenvalue weighted by atomic mass is 32.2. The molecule has 1 rings (SSSR count). The predicted molar refractivity (Wildman–Crippen MR) is 76.2 cm³/mol. The Bertz CT molecular complexity index is 481. The van der Waals surface area contributed by atoms with Crippen molar-refractivity contribution in [2.24, 2.45) is 5.92 Å². The Kier molecular flexibility index (Phi) is 6.51. The van der Waals surface area contributed by atoms with Crippen molar-refractivity contribution in [2.45, 2.75) is 18.7 Å². The topological polar surface area (TPSA) is 57.6 Å². The van der Waals surface area contributed by atoms with E-state index in [9.17, 15) is 14.0 Å². The molecule has 0 bridgehead atoms. The van der Waals surface area contributed by atoms with E-state index < -0.39 is 11.9 Å². The van der Waals surface area contributed by atoms with Gasteiger partial charge in [0.25, 0.3) is 0 Å². The molecule has 110 valence electrons. The van der Waals surface area contributed by atoms with Gasteiger partial charge in [0.15, 0.2) is 0 Å². The largest absolute Gasteiger partial charge is 0.481 e. The van der Waals surface area contributed by atoms with Crippen molar-refractivity contribution in [3.05, 3.63) is 30.1 Å². The standard InChI is InChI=1S/C14H18FNO3S/c1-3-16(8-10(2)14(18)19)13(17)9-20-12-7-5-4-6-11(12)15/h4-7,10H,3,8-9H2,1-2H3,(H,18,19). The summed E-state index contributed by atoms with van der Waals surface area (Å²) in [6, 6.07) is 6.26. The van der Waals surface area contributed by atoms with Gasteiger partial charge < -0.3 is 10.0 Å². The van der Waals surface area contributed by atoms with Gasteiger partial charge in [0.05, 0.1) is 11.7 Å². The minimum absolute atomic E-state index is 0.0983. The fourth-order valence-corrected chi connectivity index (χ4v) is 2.45. The van der Waals surface area contributed by atoms with Crippen LogP contribution >= 0.6 is 11.8 Å². The molecular formula is C14H18FNO3S. The lowest BCUT2D eigenvalue weighted by Gasteiger charge is -2.22. The molecule has 4 nitrogen and oxygen atoms in total.